The zero-order valence-corrected chi connectivity index (χ0v) is 27.1. The van der Waals surface area contributed by atoms with Crippen molar-refractivity contribution in [2.24, 2.45) is 0 Å². The minimum absolute atomic E-state index is 0.00861. The van der Waals surface area contributed by atoms with Crippen LogP contribution in [0.5, 0.6) is 11.5 Å². The van der Waals surface area contributed by atoms with Crippen molar-refractivity contribution >= 4 is 19.4 Å². The molecule has 1 unspecified atom stereocenters. The number of halogens is 8. The number of thiazole rings is 1. The van der Waals surface area contributed by atoms with E-state index in [-0.39, 0.29) is 46.8 Å². The number of alkyl halides is 8. The van der Waals surface area contributed by atoms with Crippen LogP contribution in [0.2, 0.25) is 25.7 Å². The van der Waals surface area contributed by atoms with Crippen LogP contribution in [0.25, 0.3) is 0 Å². The highest BCUT2D eigenvalue weighted by Gasteiger charge is 2.75. The fourth-order valence-corrected chi connectivity index (χ4v) is 6.63. The fourth-order valence-electron chi connectivity index (χ4n) is 4.64. The van der Waals surface area contributed by atoms with E-state index in [2.05, 4.69) is 19.4 Å². The molecule has 1 aliphatic rings. The van der Waals surface area contributed by atoms with Crippen LogP contribution >= 0.6 is 11.3 Å². The third kappa shape index (κ3) is 8.75. The molecule has 0 spiro atoms. The molecule has 0 N–H and O–H groups in total. The molecule has 2 heterocycles. The van der Waals surface area contributed by atoms with E-state index in [4.69, 9.17) is 9.47 Å². The molecule has 2 aromatic heterocycles. The van der Waals surface area contributed by atoms with Gasteiger partial charge in [0.1, 0.15) is 11.8 Å². The Balaban J connectivity index is 1.75. The van der Waals surface area contributed by atoms with Crippen LogP contribution in [-0.4, -0.2) is 56.5 Å². The van der Waals surface area contributed by atoms with Gasteiger partial charge in [0.2, 0.25) is 0 Å². The van der Waals surface area contributed by atoms with Crippen LogP contribution in [0.4, 0.5) is 35.1 Å². The molecule has 1 aliphatic carbocycles. The van der Waals surface area contributed by atoms with Gasteiger partial charge in [-0.2, -0.15) is 35.1 Å². The molecule has 0 aliphatic heterocycles. The molecule has 0 saturated heterocycles. The van der Waals surface area contributed by atoms with E-state index in [1.54, 1.807) is 12.1 Å². The first-order chi connectivity index (χ1) is 21.5. The predicted octanol–water partition coefficient (Wildman–Crippen LogP) is 9.09. The maximum absolute atomic E-state index is 14.5. The summed E-state index contributed by atoms with van der Waals surface area (Å²) in [6.07, 6.45) is -5.83. The lowest BCUT2D eigenvalue weighted by Crippen LogP contribution is -2.56. The Hall–Kier alpha value is -2.82. The van der Waals surface area contributed by atoms with Gasteiger partial charge in [-0.1, -0.05) is 25.7 Å². The van der Waals surface area contributed by atoms with Gasteiger partial charge in [0.05, 0.1) is 6.10 Å². The number of rotatable bonds is 15. The van der Waals surface area contributed by atoms with Gasteiger partial charge in [-0.05, 0) is 67.1 Å². The van der Waals surface area contributed by atoms with Crippen LogP contribution in [0, 0.1) is 0 Å². The second-order valence-electron chi connectivity index (χ2n) is 12.1. The van der Waals surface area contributed by atoms with Crippen molar-refractivity contribution in [3.8, 4) is 11.5 Å². The monoisotopic (exact) mass is 698 g/mol. The molecule has 0 bridgehead atoms. The predicted molar refractivity (Wildman–Crippen MR) is 157 cm³/mol. The van der Waals surface area contributed by atoms with E-state index in [0.29, 0.717) is 30.0 Å². The lowest BCUT2D eigenvalue weighted by atomic mass is 9.91. The zero-order chi connectivity index (χ0) is 33.8. The van der Waals surface area contributed by atoms with E-state index < -0.39 is 50.4 Å². The largest absolute Gasteiger partial charge is 0.487 e. The highest BCUT2D eigenvalue weighted by molar-refractivity contribution is 7.11. The molecule has 6 nitrogen and oxygen atoms in total. The normalized spacial score (nSPS) is 15.6. The number of nitrogens with zero attached hydrogens (tertiary/aromatic N) is 2. The first-order valence-corrected chi connectivity index (χ1v) is 19.0. The molecule has 0 amide bonds. The van der Waals surface area contributed by atoms with E-state index in [9.17, 15) is 35.1 Å². The van der Waals surface area contributed by atoms with E-state index in [1.165, 1.54) is 30.6 Å². The summed E-state index contributed by atoms with van der Waals surface area (Å²) in [5.41, 5.74) is -3.71. The number of benzene rings is 1. The molecular formula is C30H34F8N2O4SSi. The SMILES string of the molecule is C[Si](C)(C)CCOCOC(c1ncc(C(Cc2ccncc2)c2ccc(OC(F)F)c(OC3CCC3)c2)s1)(C(F)(F)F)C(F)(F)F. The first-order valence-electron chi connectivity index (χ1n) is 14.5. The number of hydrogen-bond donors (Lipinski definition) is 0. The second kappa shape index (κ2) is 14.5. The zero-order valence-electron chi connectivity index (χ0n) is 25.3. The molecule has 4 rings (SSSR count). The van der Waals surface area contributed by atoms with E-state index in [1.807, 2.05) is 19.6 Å². The Bertz CT molecular complexity index is 1400. The van der Waals surface area contributed by atoms with Crippen molar-refractivity contribution < 1.29 is 54.1 Å². The molecule has 3 aromatic rings. The number of hydrogen-bond acceptors (Lipinski definition) is 7. The fraction of sp³-hybridized carbons (Fsp3) is 0.533. The summed E-state index contributed by atoms with van der Waals surface area (Å²) in [5.74, 6) is -1.11. The van der Waals surface area contributed by atoms with Crippen molar-refractivity contribution in [1.82, 2.24) is 9.97 Å². The van der Waals surface area contributed by atoms with Crippen LogP contribution in [0.3, 0.4) is 0 Å². The average molecular weight is 699 g/mol. The van der Waals surface area contributed by atoms with Gasteiger partial charge in [0.15, 0.2) is 11.5 Å². The molecule has 0 radical (unpaired) electrons. The van der Waals surface area contributed by atoms with Crippen LogP contribution in [0.15, 0.2) is 48.9 Å². The van der Waals surface area contributed by atoms with Crippen LogP contribution in [-0.2, 0) is 21.5 Å². The topological polar surface area (TPSA) is 62.7 Å². The van der Waals surface area contributed by atoms with E-state index >= 15 is 0 Å². The maximum Gasteiger partial charge on any atom is 0.433 e. The summed E-state index contributed by atoms with van der Waals surface area (Å²) >= 11 is 0.202. The first kappa shape index (κ1) is 36.0. The second-order valence-corrected chi connectivity index (χ2v) is 18.8. The third-order valence-corrected chi connectivity index (χ3v) is 10.4. The van der Waals surface area contributed by atoms with Crippen molar-refractivity contribution in [3.05, 3.63) is 69.9 Å². The van der Waals surface area contributed by atoms with Gasteiger partial charge in [-0.15, -0.1) is 11.3 Å². The summed E-state index contributed by atoms with van der Waals surface area (Å²) < 4.78 is 133. The molecule has 16 heteroatoms. The Morgan fingerprint density at radius 2 is 1.63 bits per heavy atom. The van der Waals surface area contributed by atoms with Gasteiger partial charge < -0.3 is 18.9 Å². The molecule has 254 valence electrons. The summed E-state index contributed by atoms with van der Waals surface area (Å²) in [6, 6.07) is 7.88. The molecule has 46 heavy (non-hydrogen) atoms. The van der Waals surface area contributed by atoms with E-state index in [0.717, 1.165) is 12.6 Å². The summed E-state index contributed by atoms with van der Waals surface area (Å²) in [7, 11) is -1.68. The molecular weight excluding hydrogens is 664 g/mol. The summed E-state index contributed by atoms with van der Waals surface area (Å²) in [5, 5.41) is -1.36. The van der Waals surface area contributed by atoms with Crippen molar-refractivity contribution in [2.45, 2.75) is 88.0 Å². The highest BCUT2D eigenvalue weighted by Crippen LogP contribution is 2.54. The number of ether oxygens (including phenoxy) is 4. The molecule has 1 fully saturated rings. The highest BCUT2D eigenvalue weighted by atomic mass is 32.1. The maximum atomic E-state index is 14.5. The minimum atomic E-state index is -5.94. The lowest BCUT2D eigenvalue weighted by molar-refractivity contribution is -0.401. The van der Waals surface area contributed by atoms with Gasteiger partial charge in [-0.25, -0.2) is 4.98 Å². The molecule has 1 saturated carbocycles. The third-order valence-electron chi connectivity index (χ3n) is 7.44. The quantitative estimate of drug-likeness (QED) is 0.0683. The smallest absolute Gasteiger partial charge is 0.433 e. The number of aromatic nitrogens is 2. The Labute approximate surface area is 266 Å². The van der Waals surface area contributed by atoms with Crippen molar-refractivity contribution in [1.29, 1.82) is 0 Å². The average Bonchev–Trinajstić information content (AvgIpc) is 3.40. The van der Waals surface area contributed by atoms with Crippen LogP contribution < -0.4 is 9.47 Å². The standard InChI is InChI=1S/C30H34F8N2O4SSi/c1-46(2,3)14-13-41-18-42-28(29(33,34)35,30(36,37)38)26-40-17-25(45-26)22(15-19-9-11-39-12-10-19)20-7-8-23(44-27(31)32)24(16-20)43-21-5-4-6-21/h7-12,16-17,21-22,27H,4-6,13-15,18H2,1-3H3. The summed E-state index contributed by atoms with van der Waals surface area (Å²) in [6.45, 7) is 1.47. The summed E-state index contributed by atoms with van der Waals surface area (Å²) in [4.78, 5) is 7.63. The Kier molecular flexibility index (Phi) is 11.4. The Morgan fingerprint density at radius 3 is 2.20 bits per heavy atom. The number of pyridine rings is 1. The van der Waals surface area contributed by atoms with Gasteiger partial charge in [0.25, 0.3) is 0 Å². The lowest BCUT2D eigenvalue weighted by Gasteiger charge is -2.35. The molecule has 1 atom stereocenters. The van der Waals surface area contributed by atoms with Gasteiger partial charge in [0, 0.05) is 44.1 Å². The molecule has 1 aromatic carbocycles. The minimum Gasteiger partial charge on any atom is -0.487 e. The van der Waals surface area contributed by atoms with Crippen molar-refractivity contribution in [3.63, 3.8) is 0 Å². The van der Waals surface area contributed by atoms with Gasteiger partial charge >= 0.3 is 24.6 Å². The Morgan fingerprint density at radius 1 is 0.957 bits per heavy atom. The van der Waals surface area contributed by atoms with Crippen molar-refractivity contribution in [2.75, 3.05) is 13.4 Å². The van der Waals surface area contributed by atoms with Gasteiger partial charge in [-0.3, -0.25) is 4.98 Å². The van der Waals surface area contributed by atoms with Crippen LogP contribution in [0.1, 0.15) is 46.2 Å².